The van der Waals surface area contributed by atoms with Gasteiger partial charge in [0.1, 0.15) is 0 Å². The number of nitrogens with zero attached hydrogens (tertiary/aromatic N) is 1. The first-order chi connectivity index (χ1) is 13.8. The van der Waals surface area contributed by atoms with Crippen molar-refractivity contribution < 1.29 is 4.79 Å². The zero-order valence-corrected chi connectivity index (χ0v) is 17.5. The number of rotatable bonds is 8. The Morgan fingerprint density at radius 2 is 1.86 bits per heavy atom. The number of anilines is 2. The maximum absolute atomic E-state index is 12.5. The Morgan fingerprint density at radius 3 is 2.66 bits per heavy atom. The molecular weight excluding hydrogens is 360 g/mol. The van der Waals surface area contributed by atoms with Crippen LogP contribution in [0.2, 0.25) is 0 Å². The Balaban J connectivity index is 1.65. The molecule has 0 saturated carbocycles. The van der Waals surface area contributed by atoms with E-state index in [2.05, 4.69) is 15.6 Å². The molecule has 2 aromatic carbocycles. The van der Waals surface area contributed by atoms with Gasteiger partial charge in [-0.15, -0.1) is 0 Å². The summed E-state index contributed by atoms with van der Waals surface area (Å²) < 4.78 is 0. The fraction of sp³-hybridized carbons (Fsp3) is 0.333. The van der Waals surface area contributed by atoms with E-state index in [1.165, 1.54) is 0 Å². The zero-order chi connectivity index (χ0) is 20.9. The van der Waals surface area contributed by atoms with Crippen molar-refractivity contribution >= 4 is 28.2 Å². The first kappa shape index (κ1) is 20.8. The number of para-hydroxylation sites is 1. The van der Waals surface area contributed by atoms with Crippen molar-refractivity contribution in [3.63, 3.8) is 0 Å². The summed E-state index contributed by atoms with van der Waals surface area (Å²) in [6, 6.07) is 17.6. The fourth-order valence-electron chi connectivity index (χ4n) is 3.31. The standard InChI is InChI=1S/C24H30N4O/c1-17-15-22(20-11-4-5-12-21(20)27-17)28-19-10-8-9-18(16-19)23(29)26-14-7-6-13-24(2,3)25/h4-5,8-12,15-16H,6-7,13-14,25H2,1-3H3,(H,26,29)(H,27,28). The molecule has 152 valence electrons. The van der Waals surface area contributed by atoms with E-state index in [1.54, 1.807) is 0 Å². The Bertz CT molecular complexity index is 992. The molecule has 0 aliphatic rings. The van der Waals surface area contributed by atoms with Gasteiger partial charge in [-0.3, -0.25) is 9.78 Å². The number of unbranched alkanes of at least 4 members (excludes halogenated alkanes) is 1. The molecule has 3 aromatic rings. The molecule has 0 spiro atoms. The van der Waals surface area contributed by atoms with Crippen molar-refractivity contribution in [3.8, 4) is 0 Å². The number of aromatic nitrogens is 1. The van der Waals surface area contributed by atoms with E-state index >= 15 is 0 Å². The molecule has 5 nitrogen and oxygen atoms in total. The van der Waals surface area contributed by atoms with Gasteiger partial charge in [-0.25, -0.2) is 0 Å². The minimum Gasteiger partial charge on any atom is -0.355 e. The van der Waals surface area contributed by atoms with Crippen LogP contribution in [-0.4, -0.2) is 23.0 Å². The van der Waals surface area contributed by atoms with Gasteiger partial charge in [0.15, 0.2) is 0 Å². The van der Waals surface area contributed by atoms with Crippen LogP contribution < -0.4 is 16.4 Å². The molecule has 0 aliphatic heterocycles. The number of carbonyl (C=O) groups excluding carboxylic acids is 1. The molecule has 5 heteroatoms. The zero-order valence-electron chi connectivity index (χ0n) is 17.5. The largest absolute Gasteiger partial charge is 0.355 e. The summed E-state index contributed by atoms with van der Waals surface area (Å²) >= 11 is 0. The highest BCUT2D eigenvalue weighted by Crippen LogP contribution is 2.26. The molecule has 0 saturated heterocycles. The predicted octanol–water partition coefficient (Wildman–Crippen LogP) is 4.92. The van der Waals surface area contributed by atoms with Crippen molar-refractivity contribution in [2.24, 2.45) is 5.73 Å². The van der Waals surface area contributed by atoms with Gasteiger partial charge in [-0.1, -0.05) is 24.3 Å². The quantitative estimate of drug-likeness (QED) is 0.477. The average molecular weight is 391 g/mol. The molecule has 0 fully saturated rings. The van der Waals surface area contributed by atoms with Crippen LogP contribution in [0.1, 0.15) is 49.2 Å². The van der Waals surface area contributed by atoms with E-state index in [1.807, 2.05) is 75.4 Å². The molecule has 29 heavy (non-hydrogen) atoms. The number of pyridine rings is 1. The minimum atomic E-state index is -0.153. The average Bonchev–Trinajstić information content (AvgIpc) is 2.67. The van der Waals surface area contributed by atoms with E-state index < -0.39 is 0 Å². The molecule has 0 bridgehead atoms. The third-order valence-corrected chi connectivity index (χ3v) is 4.78. The highest BCUT2D eigenvalue weighted by atomic mass is 16.1. The summed E-state index contributed by atoms with van der Waals surface area (Å²) in [5.74, 6) is -0.0589. The second-order valence-electron chi connectivity index (χ2n) is 8.24. The molecule has 0 atom stereocenters. The molecular formula is C24H30N4O. The normalized spacial score (nSPS) is 11.4. The van der Waals surface area contributed by atoms with Gasteiger partial charge in [-0.2, -0.15) is 0 Å². The lowest BCUT2D eigenvalue weighted by molar-refractivity contribution is 0.0953. The van der Waals surface area contributed by atoms with Crippen LogP contribution in [0.15, 0.2) is 54.6 Å². The maximum atomic E-state index is 12.5. The van der Waals surface area contributed by atoms with Gasteiger partial charge in [0.2, 0.25) is 0 Å². The third kappa shape index (κ3) is 6.03. The summed E-state index contributed by atoms with van der Waals surface area (Å²) in [6.07, 6.45) is 2.87. The number of amides is 1. The summed E-state index contributed by atoms with van der Waals surface area (Å²) in [4.78, 5) is 17.1. The number of nitrogens with one attached hydrogen (secondary N) is 2. The monoisotopic (exact) mass is 390 g/mol. The molecule has 1 heterocycles. The Morgan fingerprint density at radius 1 is 1.07 bits per heavy atom. The predicted molar refractivity (Wildman–Crippen MR) is 121 cm³/mol. The van der Waals surface area contributed by atoms with Gasteiger partial charge in [-0.05, 0) is 70.4 Å². The van der Waals surface area contributed by atoms with Gasteiger partial charge in [0, 0.05) is 40.1 Å². The first-order valence-electron chi connectivity index (χ1n) is 10.1. The summed E-state index contributed by atoms with van der Waals surface area (Å²) in [7, 11) is 0. The minimum absolute atomic E-state index is 0.0589. The van der Waals surface area contributed by atoms with E-state index in [9.17, 15) is 4.79 Å². The lowest BCUT2D eigenvalue weighted by atomic mass is 9.99. The summed E-state index contributed by atoms with van der Waals surface area (Å²) in [5, 5.41) is 7.49. The van der Waals surface area contributed by atoms with Crippen molar-refractivity contribution in [2.45, 2.75) is 45.6 Å². The lowest BCUT2D eigenvalue weighted by Crippen LogP contribution is -2.32. The summed E-state index contributed by atoms with van der Waals surface area (Å²) in [5.41, 5.74) is 10.2. The highest BCUT2D eigenvalue weighted by molar-refractivity contribution is 5.96. The van der Waals surface area contributed by atoms with E-state index in [-0.39, 0.29) is 11.4 Å². The molecule has 1 aromatic heterocycles. The lowest BCUT2D eigenvalue weighted by Gasteiger charge is -2.17. The Labute approximate surface area is 172 Å². The topological polar surface area (TPSA) is 80.0 Å². The molecule has 0 radical (unpaired) electrons. The van der Waals surface area contributed by atoms with Gasteiger partial charge >= 0.3 is 0 Å². The van der Waals surface area contributed by atoms with Crippen LogP contribution in [0.25, 0.3) is 10.9 Å². The number of fused-ring (bicyclic) bond motifs is 1. The van der Waals surface area contributed by atoms with Crippen molar-refractivity contribution in [3.05, 3.63) is 65.9 Å². The number of aryl methyl sites for hydroxylation is 1. The Kier molecular flexibility index (Phi) is 6.49. The van der Waals surface area contributed by atoms with Crippen LogP contribution >= 0.6 is 0 Å². The van der Waals surface area contributed by atoms with Crippen molar-refractivity contribution in [1.82, 2.24) is 10.3 Å². The fourth-order valence-corrected chi connectivity index (χ4v) is 3.31. The maximum Gasteiger partial charge on any atom is 0.251 e. The molecule has 3 rings (SSSR count). The second kappa shape index (κ2) is 9.05. The number of nitrogens with two attached hydrogens (primary N) is 1. The van der Waals surface area contributed by atoms with Crippen LogP contribution in [0.5, 0.6) is 0 Å². The van der Waals surface area contributed by atoms with Gasteiger partial charge in [0.05, 0.1) is 5.52 Å². The highest BCUT2D eigenvalue weighted by Gasteiger charge is 2.10. The van der Waals surface area contributed by atoms with Crippen LogP contribution in [0.4, 0.5) is 11.4 Å². The Hall–Kier alpha value is -2.92. The number of carbonyl (C=O) groups is 1. The summed E-state index contributed by atoms with van der Waals surface area (Å²) in [6.45, 7) is 6.68. The third-order valence-electron chi connectivity index (χ3n) is 4.78. The van der Waals surface area contributed by atoms with Crippen LogP contribution in [0, 0.1) is 6.92 Å². The molecule has 0 unspecified atom stereocenters. The van der Waals surface area contributed by atoms with Crippen LogP contribution in [-0.2, 0) is 0 Å². The van der Waals surface area contributed by atoms with Crippen molar-refractivity contribution in [2.75, 3.05) is 11.9 Å². The number of hydrogen-bond donors (Lipinski definition) is 3. The molecule has 4 N–H and O–H groups in total. The molecule has 1 amide bonds. The first-order valence-corrected chi connectivity index (χ1v) is 10.1. The smallest absolute Gasteiger partial charge is 0.251 e. The van der Waals surface area contributed by atoms with Gasteiger partial charge < -0.3 is 16.4 Å². The van der Waals surface area contributed by atoms with Gasteiger partial charge in [0.25, 0.3) is 5.91 Å². The number of hydrogen-bond acceptors (Lipinski definition) is 4. The van der Waals surface area contributed by atoms with E-state index in [4.69, 9.17) is 5.73 Å². The van der Waals surface area contributed by atoms with Crippen molar-refractivity contribution in [1.29, 1.82) is 0 Å². The van der Waals surface area contributed by atoms with E-state index in [0.717, 1.165) is 47.2 Å². The number of benzene rings is 2. The van der Waals surface area contributed by atoms with E-state index in [0.29, 0.717) is 12.1 Å². The SMILES string of the molecule is Cc1cc(Nc2cccc(C(=O)NCCCCC(C)(C)N)c2)c2ccccc2n1. The molecule has 0 aliphatic carbocycles. The second-order valence-corrected chi connectivity index (χ2v) is 8.24. The van der Waals surface area contributed by atoms with Crippen LogP contribution in [0.3, 0.4) is 0 Å².